The second-order valence-corrected chi connectivity index (χ2v) is 3.07. The molecule has 0 amide bonds. The molecule has 0 heterocycles. The number of nitrogens with one attached hydrogen (secondary N) is 1. The van der Waals surface area contributed by atoms with Crippen molar-refractivity contribution in [1.29, 1.82) is 0 Å². The molecule has 0 unspecified atom stereocenters. The normalized spacial score (nSPS) is 9.29. The lowest BCUT2D eigenvalue weighted by Crippen LogP contribution is -2.04. The minimum absolute atomic E-state index is 0.699. The zero-order chi connectivity index (χ0) is 10.2. The number of rotatable bonds is 3. The van der Waals surface area contributed by atoms with Crippen molar-refractivity contribution in [2.45, 2.75) is 6.42 Å². The summed E-state index contributed by atoms with van der Waals surface area (Å²) in [7, 11) is 1.89. The first-order valence-corrected chi connectivity index (χ1v) is 4.79. The average molecular weight is 188 g/mol. The molecule has 0 saturated heterocycles. The van der Waals surface area contributed by atoms with Crippen LogP contribution < -0.4 is 11.1 Å². The van der Waals surface area contributed by atoms with Crippen molar-refractivity contribution >= 4 is 0 Å². The number of nitrogens with two attached hydrogens (primary N) is 1. The Morgan fingerprint density at radius 2 is 2.00 bits per heavy atom. The Balaban J connectivity index is 2.60. The van der Waals surface area contributed by atoms with Crippen molar-refractivity contribution in [3.05, 3.63) is 35.4 Å². The molecule has 0 bridgehead atoms. The fourth-order valence-electron chi connectivity index (χ4n) is 1.16. The van der Waals surface area contributed by atoms with Gasteiger partial charge in [0.15, 0.2) is 0 Å². The predicted molar refractivity (Wildman–Crippen MR) is 60.0 cm³/mol. The van der Waals surface area contributed by atoms with E-state index in [1.165, 1.54) is 5.56 Å². The van der Waals surface area contributed by atoms with Crippen LogP contribution in [0.2, 0.25) is 0 Å². The van der Waals surface area contributed by atoms with E-state index in [9.17, 15) is 0 Å². The van der Waals surface area contributed by atoms with Gasteiger partial charge >= 0.3 is 0 Å². The zero-order valence-electron chi connectivity index (χ0n) is 8.51. The van der Waals surface area contributed by atoms with Crippen LogP contribution in [0.15, 0.2) is 24.3 Å². The second kappa shape index (κ2) is 6.20. The van der Waals surface area contributed by atoms with E-state index in [1.807, 2.05) is 19.2 Å². The molecule has 0 fully saturated rings. The Bertz CT molecular complexity index is 316. The fourth-order valence-corrected chi connectivity index (χ4v) is 1.16. The van der Waals surface area contributed by atoms with Crippen LogP contribution in [0.4, 0.5) is 0 Å². The lowest BCUT2D eigenvalue weighted by Gasteiger charge is -1.97. The van der Waals surface area contributed by atoms with Gasteiger partial charge in [0, 0.05) is 5.56 Å². The highest BCUT2D eigenvalue weighted by atomic mass is 14.8. The van der Waals surface area contributed by atoms with Gasteiger partial charge in [-0.25, -0.2) is 0 Å². The Hall–Kier alpha value is -1.30. The number of hydrogen-bond acceptors (Lipinski definition) is 2. The van der Waals surface area contributed by atoms with Crippen LogP contribution in [-0.4, -0.2) is 20.1 Å². The Kier molecular flexibility index (Phi) is 4.77. The maximum atomic E-state index is 5.46. The molecule has 2 nitrogen and oxygen atoms in total. The Morgan fingerprint density at radius 3 is 2.57 bits per heavy atom. The molecule has 0 atom stereocenters. The summed E-state index contributed by atoms with van der Waals surface area (Å²) in [4.78, 5) is 0. The molecule has 0 aliphatic rings. The van der Waals surface area contributed by atoms with E-state index in [-0.39, 0.29) is 0 Å². The largest absolute Gasteiger partial charge is 0.330 e. The zero-order valence-corrected chi connectivity index (χ0v) is 8.51. The van der Waals surface area contributed by atoms with Crippen LogP contribution in [-0.2, 0) is 6.42 Å². The molecule has 0 aliphatic heterocycles. The Labute approximate surface area is 85.5 Å². The fraction of sp³-hybridized carbons (Fsp3) is 0.333. The summed E-state index contributed by atoms with van der Waals surface area (Å²) in [6.45, 7) is 1.43. The first kappa shape index (κ1) is 10.8. The topological polar surface area (TPSA) is 38.0 Å². The molecule has 1 aromatic rings. The van der Waals surface area contributed by atoms with Crippen molar-refractivity contribution < 1.29 is 0 Å². The van der Waals surface area contributed by atoms with Crippen LogP contribution in [0.25, 0.3) is 0 Å². The summed E-state index contributed by atoms with van der Waals surface area (Å²) in [6, 6.07) is 8.23. The van der Waals surface area contributed by atoms with Crippen molar-refractivity contribution in [1.82, 2.24) is 5.32 Å². The molecule has 74 valence electrons. The maximum absolute atomic E-state index is 5.46. The Morgan fingerprint density at radius 1 is 1.29 bits per heavy atom. The van der Waals surface area contributed by atoms with Gasteiger partial charge in [0.1, 0.15) is 0 Å². The molecule has 14 heavy (non-hydrogen) atoms. The molecule has 0 aliphatic carbocycles. The van der Waals surface area contributed by atoms with Crippen LogP contribution in [0.3, 0.4) is 0 Å². The van der Waals surface area contributed by atoms with E-state index in [2.05, 4.69) is 29.3 Å². The first-order valence-electron chi connectivity index (χ1n) is 4.79. The van der Waals surface area contributed by atoms with E-state index in [4.69, 9.17) is 5.73 Å². The lowest BCUT2D eigenvalue weighted by atomic mass is 10.1. The molecule has 0 saturated carbocycles. The van der Waals surface area contributed by atoms with Gasteiger partial charge < -0.3 is 11.1 Å². The highest BCUT2D eigenvalue weighted by Crippen LogP contribution is 2.03. The number of benzene rings is 1. The molecule has 3 N–H and O–H groups in total. The van der Waals surface area contributed by atoms with E-state index >= 15 is 0 Å². The molecule has 1 rings (SSSR count). The molecular formula is C12H16N2. The van der Waals surface area contributed by atoms with Crippen LogP contribution in [0, 0.1) is 11.8 Å². The molecule has 1 aromatic carbocycles. The monoisotopic (exact) mass is 188 g/mol. The van der Waals surface area contributed by atoms with Crippen molar-refractivity contribution in [2.24, 2.45) is 5.73 Å². The van der Waals surface area contributed by atoms with Gasteiger partial charge in [-0.2, -0.15) is 0 Å². The highest BCUT2D eigenvalue weighted by molar-refractivity contribution is 5.36. The lowest BCUT2D eigenvalue weighted by molar-refractivity contribution is 0.938. The minimum Gasteiger partial charge on any atom is -0.330 e. The minimum atomic E-state index is 0.699. The summed E-state index contributed by atoms with van der Waals surface area (Å²) < 4.78 is 0. The summed E-state index contributed by atoms with van der Waals surface area (Å²) in [5, 5.41) is 2.98. The molecule has 0 spiro atoms. The highest BCUT2D eigenvalue weighted by Gasteiger charge is 1.90. The van der Waals surface area contributed by atoms with Gasteiger partial charge in [0.25, 0.3) is 0 Å². The van der Waals surface area contributed by atoms with Crippen LogP contribution in [0.5, 0.6) is 0 Å². The van der Waals surface area contributed by atoms with Gasteiger partial charge in [-0.15, -0.1) is 0 Å². The standard InChI is InChI=1S/C12H16N2/c1-14-10-2-3-11-4-6-12(7-5-11)8-9-13/h4-7,14H,8-10,13H2,1H3. The summed E-state index contributed by atoms with van der Waals surface area (Å²) in [5.41, 5.74) is 7.79. The maximum Gasteiger partial charge on any atom is 0.0577 e. The number of hydrogen-bond donors (Lipinski definition) is 2. The van der Waals surface area contributed by atoms with Crippen molar-refractivity contribution in [3.63, 3.8) is 0 Å². The summed E-state index contributed by atoms with van der Waals surface area (Å²) in [5.74, 6) is 6.09. The van der Waals surface area contributed by atoms with Crippen LogP contribution >= 0.6 is 0 Å². The molecule has 0 aromatic heterocycles. The quantitative estimate of drug-likeness (QED) is 0.687. The molecule has 0 radical (unpaired) electrons. The third kappa shape index (κ3) is 3.61. The summed E-state index contributed by atoms with van der Waals surface area (Å²) in [6.07, 6.45) is 0.935. The van der Waals surface area contributed by atoms with E-state index < -0.39 is 0 Å². The molecular weight excluding hydrogens is 172 g/mol. The predicted octanol–water partition coefficient (Wildman–Crippen LogP) is 0.759. The second-order valence-electron chi connectivity index (χ2n) is 3.07. The van der Waals surface area contributed by atoms with E-state index in [1.54, 1.807) is 0 Å². The van der Waals surface area contributed by atoms with Gasteiger partial charge in [-0.3, -0.25) is 0 Å². The van der Waals surface area contributed by atoms with Gasteiger partial charge in [-0.05, 0) is 37.7 Å². The average Bonchev–Trinajstić information content (AvgIpc) is 2.21. The third-order valence-corrected chi connectivity index (χ3v) is 1.88. The first-order chi connectivity index (χ1) is 6.86. The molecule has 2 heteroatoms. The third-order valence-electron chi connectivity index (χ3n) is 1.88. The van der Waals surface area contributed by atoms with Gasteiger partial charge in [0.2, 0.25) is 0 Å². The summed E-state index contributed by atoms with van der Waals surface area (Å²) >= 11 is 0. The van der Waals surface area contributed by atoms with Crippen LogP contribution in [0.1, 0.15) is 11.1 Å². The van der Waals surface area contributed by atoms with Gasteiger partial charge in [0.05, 0.1) is 6.54 Å². The SMILES string of the molecule is CNCC#Cc1ccc(CCN)cc1. The smallest absolute Gasteiger partial charge is 0.0577 e. The van der Waals surface area contributed by atoms with Gasteiger partial charge in [-0.1, -0.05) is 24.0 Å². The van der Waals surface area contributed by atoms with Crippen molar-refractivity contribution in [3.8, 4) is 11.8 Å². The van der Waals surface area contributed by atoms with E-state index in [0.717, 1.165) is 18.5 Å². The van der Waals surface area contributed by atoms with Crippen molar-refractivity contribution in [2.75, 3.05) is 20.1 Å². The van der Waals surface area contributed by atoms with E-state index in [0.29, 0.717) is 6.54 Å².